The Labute approximate surface area is 125 Å². The molecule has 1 aromatic carbocycles. The summed E-state index contributed by atoms with van der Waals surface area (Å²) < 4.78 is 0. The zero-order chi connectivity index (χ0) is 15.0. The first-order chi connectivity index (χ1) is 9.48. The van der Waals surface area contributed by atoms with E-state index in [1.54, 1.807) is 0 Å². The molecular formula is C18H32N2. The predicted molar refractivity (Wildman–Crippen MR) is 89.2 cm³/mol. The number of hydrogen-bond donors (Lipinski definition) is 1. The van der Waals surface area contributed by atoms with Gasteiger partial charge < -0.3 is 10.2 Å². The third-order valence-electron chi connectivity index (χ3n) is 4.45. The van der Waals surface area contributed by atoms with Gasteiger partial charge in [-0.25, -0.2) is 0 Å². The van der Waals surface area contributed by atoms with Gasteiger partial charge in [0.15, 0.2) is 0 Å². The fourth-order valence-electron chi connectivity index (χ4n) is 2.49. The molecule has 0 saturated heterocycles. The van der Waals surface area contributed by atoms with E-state index in [1.807, 2.05) is 0 Å². The van der Waals surface area contributed by atoms with E-state index in [0.717, 1.165) is 6.54 Å². The number of aryl methyl sites for hydroxylation is 1. The van der Waals surface area contributed by atoms with Gasteiger partial charge in [-0.3, -0.25) is 0 Å². The van der Waals surface area contributed by atoms with Crippen LogP contribution in [0.25, 0.3) is 0 Å². The van der Waals surface area contributed by atoms with E-state index in [1.165, 1.54) is 31.2 Å². The van der Waals surface area contributed by atoms with Crippen molar-refractivity contribution >= 4 is 0 Å². The number of hydrogen-bond acceptors (Lipinski definition) is 2. The van der Waals surface area contributed by atoms with Gasteiger partial charge in [0, 0.05) is 11.6 Å². The SMILES string of the molecule is CCCNC(CCCc1ccccc1)C(C)(C)N(C)C. The van der Waals surface area contributed by atoms with Crippen LogP contribution >= 0.6 is 0 Å². The highest BCUT2D eigenvalue weighted by Crippen LogP contribution is 2.20. The van der Waals surface area contributed by atoms with E-state index in [-0.39, 0.29) is 5.54 Å². The van der Waals surface area contributed by atoms with Crippen LogP contribution in [0.1, 0.15) is 45.6 Å². The van der Waals surface area contributed by atoms with Gasteiger partial charge >= 0.3 is 0 Å². The Bertz CT molecular complexity index is 357. The molecule has 0 bridgehead atoms. The summed E-state index contributed by atoms with van der Waals surface area (Å²) in [7, 11) is 4.36. The molecule has 1 aromatic rings. The lowest BCUT2D eigenvalue weighted by Crippen LogP contribution is -2.55. The third-order valence-corrected chi connectivity index (χ3v) is 4.45. The molecule has 2 nitrogen and oxygen atoms in total. The smallest absolute Gasteiger partial charge is 0.0300 e. The number of nitrogens with zero attached hydrogens (tertiary/aromatic N) is 1. The average molecular weight is 276 g/mol. The summed E-state index contributed by atoms with van der Waals surface area (Å²) in [5.41, 5.74) is 1.63. The summed E-state index contributed by atoms with van der Waals surface area (Å²) in [6.07, 6.45) is 4.83. The first-order valence-electron chi connectivity index (χ1n) is 7.93. The lowest BCUT2D eigenvalue weighted by atomic mass is 9.88. The largest absolute Gasteiger partial charge is 0.312 e. The highest BCUT2D eigenvalue weighted by Gasteiger charge is 2.30. The molecule has 1 N–H and O–H groups in total. The van der Waals surface area contributed by atoms with E-state index in [4.69, 9.17) is 0 Å². The Morgan fingerprint density at radius 2 is 1.80 bits per heavy atom. The van der Waals surface area contributed by atoms with E-state index < -0.39 is 0 Å². The maximum absolute atomic E-state index is 3.74. The fourth-order valence-corrected chi connectivity index (χ4v) is 2.49. The van der Waals surface area contributed by atoms with Crippen molar-refractivity contribution in [2.24, 2.45) is 0 Å². The summed E-state index contributed by atoms with van der Waals surface area (Å²) in [4.78, 5) is 2.34. The molecule has 0 amide bonds. The molecule has 1 rings (SSSR count). The summed E-state index contributed by atoms with van der Waals surface area (Å²) >= 11 is 0. The van der Waals surface area contributed by atoms with Gasteiger partial charge in [0.1, 0.15) is 0 Å². The first-order valence-corrected chi connectivity index (χ1v) is 7.93. The van der Waals surface area contributed by atoms with Crippen molar-refractivity contribution in [1.29, 1.82) is 0 Å². The van der Waals surface area contributed by atoms with Crippen LogP contribution in [0.15, 0.2) is 30.3 Å². The van der Waals surface area contributed by atoms with Crippen LogP contribution in [0, 0.1) is 0 Å². The average Bonchev–Trinajstić information content (AvgIpc) is 2.43. The third kappa shape index (κ3) is 5.26. The molecule has 0 heterocycles. The van der Waals surface area contributed by atoms with Crippen LogP contribution in [-0.4, -0.2) is 37.1 Å². The van der Waals surface area contributed by atoms with Crippen molar-refractivity contribution in [2.45, 2.75) is 58.0 Å². The molecule has 0 saturated carbocycles. The van der Waals surface area contributed by atoms with Crippen LogP contribution in [0.3, 0.4) is 0 Å². The zero-order valence-electron chi connectivity index (χ0n) is 13.9. The lowest BCUT2D eigenvalue weighted by molar-refractivity contribution is 0.131. The van der Waals surface area contributed by atoms with E-state index in [9.17, 15) is 0 Å². The maximum Gasteiger partial charge on any atom is 0.0300 e. The first kappa shape index (κ1) is 17.2. The molecule has 0 aliphatic heterocycles. The molecule has 20 heavy (non-hydrogen) atoms. The minimum Gasteiger partial charge on any atom is -0.312 e. The molecule has 0 fully saturated rings. The Morgan fingerprint density at radius 3 is 2.35 bits per heavy atom. The lowest BCUT2D eigenvalue weighted by Gasteiger charge is -2.41. The van der Waals surface area contributed by atoms with Crippen LogP contribution in [0.4, 0.5) is 0 Å². The van der Waals surface area contributed by atoms with Gasteiger partial charge in [0.2, 0.25) is 0 Å². The highest BCUT2D eigenvalue weighted by molar-refractivity contribution is 5.14. The topological polar surface area (TPSA) is 15.3 Å². The van der Waals surface area contributed by atoms with Gasteiger partial charge in [-0.2, -0.15) is 0 Å². The Balaban J connectivity index is 2.52. The fraction of sp³-hybridized carbons (Fsp3) is 0.667. The van der Waals surface area contributed by atoms with Crippen molar-refractivity contribution < 1.29 is 0 Å². The van der Waals surface area contributed by atoms with Crippen LogP contribution in [0.5, 0.6) is 0 Å². The van der Waals surface area contributed by atoms with Gasteiger partial charge in [-0.05, 0) is 65.7 Å². The van der Waals surface area contributed by atoms with E-state index >= 15 is 0 Å². The number of nitrogens with one attached hydrogen (secondary N) is 1. The quantitative estimate of drug-likeness (QED) is 0.739. The molecular weight excluding hydrogens is 244 g/mol. The molecule has 1 atom stereocenters. The second-order valence-corrected chi connectivity index (χ2v) is 6.43. The van der Waals surface area contributed by atoms with Crippen molar-refractivity contribution in [1.82, 2.24) is 10.2 Å². The summed E-state index contributed by atoms with van der Waals surface area (Å²) in [5.74, 6) is 0. The molecule has 1 unspecified atom stereocenters. The van der Waals surface area contributed by atoms with Crippen LogP contribution in [0.2, 0.25) is 0 Å². The molecule has 0 aliphatic carbocycles. The maximum atomic E-state index is 3.74. The van der Waals surface area contributed by atoms with Crippen molar-refractivity contribution in [3.63, 3.8) is 0 Å². The van der Waals surface area contributed by atoms with Gasteiger partial charge in [0.25, 0.3) is 0 Å². The molecule has 2 heteroatoms. The molecule has 0 radical (unpaired) electrons. The number of likely N-dealkylation sites (N-methyl/N-ethyl adjacent to an activating group) is 1. The molecule has 0 aromatic heterocycles. The van der Waals surface area contributed by atoms with Crippen molar-refractivity contribution in [2.75, 3.05) is 20.6 Å². The monoisotopic (exact) mass is 276 g/mol. The summed E-state index contributed by atoms with van der Waals surface area (Å²) in [6.45, 7) is 8.01. The van der Waals surface area contributed by atoms with Gasteiger partial charge in [0.05, 0.1) is 0 Å². The minimum absolute atomic E-state index is 0.186. The van der Waals surface area contributed by atoms with Crippen LogP contribution in [-0.2, 0) is 6.42 Å². The Morgan fingerprint density at radius 1 is 1.15 bits per heavy atom. The Hall–Kier alpha value is -0.860. The second-order valence-electron chi connectivity index (χ2n) is 6.43. The second kappa shape index (κ2) is 8.43. The molecule has 0 spiro atoms. The molecule has 114 valence electrons. The molecule has 0 aliphatic rings. The standard InChI is InChI=1S/C18H32N2/c1-6-15-19-17(18(2,3)20(4)5)14-10-13-16-11-8-7-9-12-16/h7-9,11-12,17,19H,6,10,13-15H2,1-5H3. The highest BCUT2D eigenvalue weighted by atomic mass is 15.2. The zero-order valence-corrected chi connectivity index (χ0v) is 13.9. The number of benzene rings is 1. The van der Waals surface area contributed by atoms with Gasteiger partial charge in [-0.15, -0.1) is 0 Å². The van der Waals surface area contributed by atoms with E-state index in [2.05, 4.69) is 75.4 Å². The minimum atomic E-state index is 0.186. The summed E-state index contributed by atoms with van der Waals surface area (Å²) in [5, 5.41) is 3.74. The Kier molecular flexibility index (Phi) is 7.25. The summed E-state index contributed by atoms with van der Waals surface area (Å²) in [6, 6.07) is 11.3. The van der Waals surface area contributed by atoms with E-state index in [0.29, 0.717) is 6.04 Å². The normalized spacial score (nSPS) is 13.7. The predicted octanol–water partition coefficient (Wildman–Crippen LogP) is 3.72. The van der Waals surface area contributed by atoms with Crippen molar-refractivity contribution in [3.05, 3.63) is 35.9 Å². The van der Waals surface area contributed by atoms with Gasteiger partial charge in [-0.1, -0.05) is 37.3 Å². The van der Waals surface area contributed by atoms with Crippen molar-refractivity contribution in [3.8, 4) is 0 Å². The number of rotatable bonds is 9. The van der Waals surface area contributed by atoms with Crippen LogP contribution < -0.4 is 5.32 Å².